The highest BCUT2D eigenvalue weighted by molar-refractivity contribution is 8.07. The predicted molar refractivity (Wildman–Crippen MR) is 95.6 cm³/mol. The molecule has 1 aliphatic heterocycles. The molecule has 2 heterocycles. The van der Waals surface area contributed by atoms with Crippen LogP contribution >= 0.6 is 14.3 Å². The Morgan fingerprint density at radius 3 is 2.56 bits per heavy atom. The van der Waals surface area contributed by atoms with E-state index in [1.807, 2.05) is 0 Å². The molecule has 12 nitrogen and oxygen atoms in total. The van der Waals surface area contributed by atoms with Crippen LogP contribution in [0.2, 0.25) is 0 Å². The maximum Gasteiger partial charge on any atom is 0.353 e. The highest BCUT2D eigenvalue weighted by Gasteiger charge is 2.47. The second-order valence-electron chi connectivity index (χ2n) is 5.61. The third-order valence-corrected chi connectivity index (χ3v) is 6.53. The fourth-order valence-corrected chi connectivity index (χ4v) is 3.82. The van der Waals surface area contributed by atoms with Crippen molar-refractivity contribution in [2.75, 3.05) is 20.6 Å². The Hall–Kier alpha value is -0.720. The van der Waals surface area contributed by atoms with E-state index in [-0.39, 0.29) is 0 Å². The number of hydrogen-bond donors (Lipinski definition) is 3. The minimum absolute atomic E-state index is 0.589. The van der Waals surface area contributed by atoms with Crippen molar-refractivity contribution in [1.29, 1.82) is 0 Å². The summed E-state index contributed by atoms with van der Waals surface area (Å²) in [6.45, 7) is -2.02. The Balaban J connectivity index is 2.31. The first-order chi connectivity index (χ1) is 12.5. The first-order valence-electron chi connectivity index (χ1n) is 7.52. The molecule has 0 aromatic carbocycles. The number of ether oxygens (including phenoxy) is 2. The summed E-state index contributed by atoms with van der Waals surface area (Å²) in [6, 6.07) is 1.12. The lowest BCUT2D eigenvalue weighted by Crippen LogP contribution is -2.34. The van der Waals surface area contributed by atoms with Gasteiger partial charge < -0.3 is 28.3 Å². The summed E-state index contributed by atoms with van der Waals surface area (Å²) in [5.41, 5.74) is -1.33. The first kappa shape index (κ1) is 22.6. The fourth-order valence-electron chi connectivity index (χ4n) is 2.39. The van der Waals surface area contributed by atoms with E-state index in [4.69, 9.17) is 30.3 Å². The first-order valence-corrected chi connectivity index (χ1v) is 11.9. The van der Waals surface area contributed by atoms with Gasteiger partial charge in [0.25, 0.3) is 5.56 Å². The molecule has 0 radical (unpaired) electrons. The zero-order chi connectivity index (χ0) is 20.4. The Morgan fingerprint density at radius 1 is 1.33 bits per heavy atom. The minimum Gasteiger partial charge on any atom is -0.337 e. The van der Waals surface area contributed by atoms with Crippen LogP contribution in [-0.4, -0.2) is 52.3 Å². The molecule has 154 valence electrons. The molecule has 0 amide bonds. The third-order valence-electron chi connectivity index (χ3n) is 3.81. The zero-order valence-electron chi connectivity index (χ0n) is 14.6. The van der Waals surface area contributed by atoms with Crippen LogP contribution in [0.5, 0.6) is 0 Å². The van der Waals surface area contributed by atoms with Crippen molar-refractivity contribution in [1.82, 2.24) is 9.55 Å². The molecule has 2 unspecified atom stereocenters. The van der Waals surface area contributed by atoms with Gasteiger partial charge in [0.1, 0.15) is 12.3 Å². The second kappa shape index (κ2) is 8.75. The molecule has 0 aliphatic carbocycles. The Morgan fingerprint density at radius 2 is 2.00 bits per heavy atom. The van der Waals surface area contributed by atoms with E-state index < -0.39 is 56.5 Å². The zero-order valence-corrected chi connectivity index (χ0v) is 17.2. The number of nitrogens with zero attached hydrogens (tertiary/aromatic N) is 1. The summed E-state index contributed by atoms with van der Waals surface area (Å²) in [5.74, 6) is -0.621. The van der Waals surface area contributed by atoms with Crippen LogP contribution < -0.4 is 11.2 Å². The standard InChI is InChI=1S/C12H20N2O10P2S/c1-7-9(24-26(19,27)21-3)11(22-6-25(17,18)20-2)23-10(7)14-5-4-8(15)13-12(14)16/h4-5,7,9-11H,6H2,1-3H3,(H,17,18)(H,19,27)(H,13,15,16)/t7-,9+,10-,11+,26?/m1/s1. The summed E-state index contributed by atoms with van der Waals surface area (Å²) in [7, 11) is -1.82. The number of H-pyrrole nitrogens is 1. The van der Waals surface area contributed by atoms with Gasteiger partial charge in [-0.1, -0.05) is 6.92 Å². The average molecular weight is 446 g/mol. The monoisotopic (exact) mass is 446 g/mol. The van der Waals surface area contributed by atoms with Gasteiger partial charge in [-0.15, -0.1) is 0 Å². The van der Waals surface area contributed by atoms with E-state index in [2.05, 4.69) is 9.51 Å². The largest absolute Gasteiger partial charge is 0.353 e. The average Bonchev–Trinajstić information content (AvgIpc) is 2.89. The number of hydrogen-bond acceptors (Lipinski definition) is 9. The van der Waals surface area contributed by atoms with Gasteiger partial charge in [-0.05, 0) is 11.8 Å². The lowest BCUT2D eigenvalue weighted by atomic mass is 10.1. The van der Waals surface area contributed by atoms with E-state index in [0.29, 0.717) is 0 Å². The maximum absolute atomic E-state index is 12.0. The van der Waals surface area contributed by atoms with Crippen LogP contribution in [0, 0.1) is 5.92 Å². The predicted octanol–water partition coefficient (Wildman–Crippen LogP) is 0.0819. The fraction of sp³-hybridized carbons (Fsp3) is 0.667. The summed E-state index contributed by atoms with van der Waals surface area (Å²) < 4.78 is 38.2. The van der Waals surface area contributed by atoms with E-state index in [1.165, 1.54) is 6.20 Å². The highest BCUT2D eigenvalue weighted by atomic mass is 32.5. The summed E-state index contributed by atoms with van der Waals surface area (Å²) in [4.78, 5) is 44.9. The van der Waals surface area contributed by atoms with Crippen molar-refractivity contribution in [2.45, 2.75) is 25.5 Å². The Kier molecular flexibility index (Phi) is 7.31. The molecule has 0 spiro atoms. The van der Waals surface area contributed by atoms with Crippen LogP contribution in [0.4, 0.5) is 0 Å². The molecule has 6 atom stereocenters. The molecule has 2 rings (SSSR count). The van der Waals surface area contributed by atoms with Crippen LogP contribution in [0.3, 0.4) is 0 Å². The van der Waals surface area contributed by atoms with Crippen LogP contribution in [0.1, 0.15) is 13.2 Å². The highest BCUT2D eigenvalue weighted by Crippen LogP contribution is 2.50. The number of rotatable bonds is 8. The van der Waals surface area contributed by atoms with Crippen molar-refractivity contribution in [3.8, 4) is 0 Å². The quantitative estimate of drug-likeness (QED) is 0.464. The Bertz CT molecular complexity index is 872. The van der Waals surface area contributed by atoms with Crippen molar-refractivity contribution < 1.29 is 37.4 Å². The van der Waals surface area contributed by atoms with Crippen LogP contribution in [-0.2, 0) is 39.4 Å². The van der Waals surface area contributed by atoms with Crippen molar-refractivity contribution in [2.24, 2.45) is 5.92 Å². The van der Waals surface area contributed by atoms with Crippen molar-refractivity contribution >= 4 is 26.1 Å². The molecule has 1 saturated heterocycles. The number of aromatic amines is 1. The third kappa shape index (κ3) is 5.64. The number of nitrogens with one attached hydrogen (secondary N) is 1. The minimum atomic E-state index is -4.02. The van der Waals surface area contributed by atoms with Gasteiger partial charge in [0, 0.05) is 32.4 Å². The lowest BCUT2D eigenvalue weighted by Gasteiger charge is -2.25. The Labute approximate surface area is 158 Å². The molecule has 1 aromatic heterocycles. The van der Waals surface area contributed by atoms with Gasteiger partial charge in [0.05, 0.1) is 0 Å². The van der Waals surface area contributed by atoms with Gasteiger partial charge >= 0.3 is 20.0 Å². The van der Waals surface area contributed by atoms with E-state index in [0.717, 1.165) is 24.9 Å². The summed E-state index contributed by atoms with van der Waals surface area (Å²) in [5, 5.41) is 0. The summed E-state index contributed by atoms with van der Waals surface area (Å²) >= 11 is 4.83. The van der Waals surface area contributed by atoms with E-state index >= 15 is 0 Å². The second-order valence-corrected chi connectivity index (χ2v) is 10.4. The molecule has 3 N–H and O–H groups in total. The lowest BCUT2D eigenvalue weighted by molar-refractivity contribution is -0.166. The molecule has 0 saturated carbocycles. The van der Waals surface area contributed by atoms with Crippen molar-refractivity contribution in [3.63, 3.8) is 0 Å². The molecular formula is C12H20N2O10P2S. The van der Waals surface area contributed by atoms with E-state index in [9.17, 15) is 23.9 Å². The molecule has 15 heteroatoms. The smallest absolute Gasteiger partial charge is 0.337 e. The normalized spacial score (nSPS) is 30.0. The molecular weight excluding hydrogens is 426 g/mol. The topological polar surface area (TPSA) is 159 Å². The molecule has 0 bridgehead atoms. The maximum atomic E-state index is 12.0. The molecule has 1 aromatic rings. The molecule has 27 heavy (non-hydrogen) atoms. The van der Waals surface area contributed by atoms with E-state index in [1.54, 1.807) is 6.92 Å². The molecule has 1 fully saturated rings. The van der Waals surface area contributed by atoms with Gasteiger partial charge in [-0.2, -0.15) is 0 Å². The summed E-state index contributed by atoms with van der Waals surface area (Å²) in [6.07, 6.45) is -2.79. The van der Waals surface area contributed by atoms with Gasteiger partial charge in [0.15, 0.2) is 12.6 Å². The van der Waals surface area contributed by atoms with Gasteiger partial charge in [0.2, 0.25) is 0 Å². The van der Waals surface area contributed by atoms with Gasteiger partial charge in [-0.25, -0.2) is 4.79 Å². The number of aromatic nitrogens is 2. The van der Waals surface area contributed by atoms with Gasteiger partial charge in [-0.3, -0.25) is 23.4 Å². The van der Waals surface area contributed by atoms with Crippen molar-refractivity contribution in [3.05, 3.63) is 33.1 Å². The van der Waals surface area contributed by atoms with Crippen LogP contribution in [0.15, 0.2) is 21.9 Å². The van der Waals surface area contributed by atoms with Crippen LogP contribution in [0.25, 0.3) is 0 Å². The SMILES string of the molecule is COP(=O)(O)CO[C@H]1O[C@@H](n2ccc(=O)[nH]c2=O)[C@H](C)[C@@H]1OP(O)(=S)OC. The molecule has 1 aliphatic rings.